The first-order valence-electron chi connectivity index (χ1n) is 18.7. The Hall–Kier alpha value is -4.85. The van der Waals surface area contributed by atoms with Gasteiger partial charge in [0.25, 0.3) is 0 Å². The van der Waals surface area contributed by atoms with Gasteiger partial charge < -0.3 is 29.9 Å². The molecular formula is C40H43F5N6O5. The van der Waals surface area contributed by atoms with Gasteiger partial charge in [0.1, 0.15) is 40.6 Å². The van der Waals surface area contributed by atoms with Crippen LogP contribution in [0.1, 0.15) is 64.9 Å². The molecule has 5 heterocycles. The van der Waals surface area contributed by atoms with Crippen LogP contribution >= 0.6 is 0 Å². The largest absolute Gasteiger partial charge is 0.508 e. The molecule has 2 aromatic carbocycles. The summed E-state index contributed by atoms with van der Waals surface area (Å²) in [7, 11) is 0. The zero-order valence-electron chi connectivity index (χ0n) is 31.2. The minimum atomic E-state index is -4.96. The van der Waals surface area contributed by atoms with Crippen LogP contribution in [0.2, 0.25) is 0 Å². The fourth-order valence-corrected chi connectivity index (χ4v) is 8.61. The molecule has 7 rings (SSSR count). The fraction of sp³-hybridized carbons (Fsp3) is 0.500. The molecule has 3 N–H and O–H groups in total. The lowest BCUT2D eigenvalue weighted by Crippen LogP contribution is -2.56. The van der Waals surface area contributed by atoms with E-state index in [-0.39, 0.29) is 101 Å². The van der Waals surface area contributed by atoms with Crippen molar-refractivity contribution >= 4 is 33.3 Å². The van der Waals surface area contributed by atoms with Gasteiger partial charge in [-0.25, -0.2) is 13.8 Å². The van der Waals surface area contributed by atoms with Crippen molar-refractivity contribution in [3.05, 3.63) is 41.5 Å². The van der Waals surface area contributed by atoms with Crippen molar-refractivity contribution in [1.82, 2.24) is 25.2 Å². The van der Waals surface area contributed by atoms with Gasteiger partial charge in [0.05, 0.1) is 23.8 Å². The number of pyridine rings is 1. The summed E-state index contributed by atoms with van der Waals surface area (Å²) in [5.41, 5.74) is -1.19. The van der Waals surface area contributed by atoms with Gasteiger partial charge in [-0.15, -0.1) is 6.42 Å². The molecule has 3 saturated heterocycles. The minimum absolute atomic E-state index is 0.00388. The number of rotatable bonds is 11. The van der Waals surface area contributed by atoms with Crippen LogP contribution in [0.5, 0.6) is 17.6 Å². The number of Topliss-reactive ketones (excluding diaryl/α,β-unsaturated/α-hetero) is 1. The highest BCUT2D eigenvalue weighted by Gasteiger charge is 2.49. The van der Waals surface area contributed by atoms with Crippen molar-refractivity contribution in [3.63, 3.8) is 0 Å². The van der Waals surface area contributed by atoms with Gasteiger partial charge in [-0.2, -0.15) is 23.1 Å². The Balaban J connectivity index is 1.41. The minimum Gasteiger partial charge on any atom is -0.508 e. The van der Waals surface area contributed by atoms with E-state index in [1.54, 1.807) is 18.7 Å². The van der Waals surface area contributed by atoms with Gasteiger partial charge in [-0.1, -0.05) is 12.0 Å². The van der Waals surface area contributed by atoms with Gasteiger partial charge in [-0.3, -0.25) is 9.69 Å². The Morgan fingerprint density at radius 3 is 2.64 bits per heavy atom. The number of aromatic nitrogens is 3. The van der Waals surface area contributed by atoms with Crippen LogP contribution in [0.3, 0.4) is 0 Å². The van der Waals surface area contributed by atoms with Crippen molar-refractivity contribution in [3.8, 4) is 41.2 Å². The third-order valence-corrected chi connectivity index (χ3v) is 11.0. The average Bonchev–Trinajstić information content (AvgIpc) is 3.72. The predicted molar refractivity (Wildman–Crippen MR) is 199 cm³/mol. The number of ketones is 1. The van der Waals surface area contributed by atoms with Crippen molar-refractivity contribution in [2.75, 3.05) is 37.7 Å². The van der Waals surface area contributed by atoms with Crippen LogP contribution in [-0.2, 0) is 4.79 Å². The Kier molecular flexibility index (Phi) is 10.7. The molecule has 0 saturated carbocycles. The second kappa shape index (κ2) is 15.2. The Morgan fingerprint density at radius 1 is 1.14 bits per heavy atom. The number of aromatic hydroxyl groups is 1. The molecule has 2 aromatic heterocycles. The molecule has 298 valence electrons. The summed E-state index contributed by atoms with van der Waals surface area (Å²) in [4.78, 5) is 29.8. The third-order valence-electron chi connectivity index (χ3n) is 11.0. The van der Waals surface area contributed by atoms with Crippen LogP contribution in [-0.4, -0.2) is 105 Å². The first-order chi connectivity index (χ1) is 26.6. The highest BCUT2D eigenvalue weighted by Crippen LogP contribution is 2.45. The van der Waals surface area contributed by atoms with Gasteiger partial charge in [0.2, 0.25) is 11.7 Å². The summed E-state index contributed by atoms with van der Waals surface area (Å²) in [5, 5.41) is 24.6. The number of nitrogens with zero attached hydrogens (tertiary/aromatic N) is 5. The number of fused-ring (bicyclic) bond motifs is 3. The normalized spacial score (nSPS) is 22.9. The average molecular weight is 783 g/mol. The first kappa shape index (κ1) is 39.4. The summed E-state index contributed by atoms with van der Waals surface area (Å²) < 4.78 is 84.5. The number of phenolic OH excluding ortho intramolecular Hbond substituents is 1. The van der Waals surface area contributed by atoms with Gasteiger partial charge in [-0.05, 0) is 83.0 Å². The van der Waals surface area contributed by atoms with Crippen molar-refractivity contribution in [2.45, 2.75) is 95.2 Å². The molecule has 56 heavy (non-hydrogen) atoms. The zero-order chi connectivity index (χ0) is 40.1. The standard InChI is InChI=1S/C40H43F5N6O5/c1-5-27-29(41)9-7-23-15-26(53)16-28(31(23)27)34-33(42)35-32(37(47-34)56-21(2)3)36(50-17-22(4)46-24(18-50)8-10-30(54)40(43,44)45)49-38(48-35)55-20-39-12-6-14-51(39)25(19-52)11-13-39/h1,7,9,15-16,21-22,24-25,46,52-53H,6,8,10-14,17-20H2,2-4H3. The molecule has 0 spiro atoms. The smallest absolute Gasteiger partial charge is 0.449 e. The summed E-state index contributed by atoms with van der Waals surface area (Å²) in [5.74, 6) is -1.41. The molecule has 3 aliphatic heterocycles. The topological polar surface area (TPSA) is 133 Å². The van der Waals surface area contributed by atoms with Gasteiger partial charge >= 0.3 is 12.2 Å². The van der Waals surface area contributed by atoms with Crippen LogP contribution in [0, 0.1) is 24.0 Å². The van der Waals surface area contributed by atoms with Crippen molar-refractivity contribution < 1.29 is 46.4 Å². The summed E-state index contributed by atoms with van der Waals surface area (Å²) >= 11 is 0. The molecule has 0 radical (unpaired) electrons. The number of nitrogens with one attached hydrogen (secondary N) is 1. The molecule has 0 bridgehead atoms. The number of halogens is 5. The van der Waals surface area contributed by atoms with E-state index in [0.29, 0.717) is 5.39 Å². The van der Waals surface area contributed by atoms with Crippen molar-refractivity contribution in [1.29, 1.82) is 0 Å². The zero-order valence-corrected chi connectivity index (χ0v) is 31.2. The summed E-state index contributed by atoms with van der Waals surface area (Å²) in [6.07, 6.45) is 2.67. The maximum absolute atomic E-state index is 17.4. The van der Waals surface area contributed by atoms with E-state index in [1.807, 2.05) is 6.92 Å². The van der Waals surface area contributed by atoms with Crippen LogP contribution < -0.4 is 19.7 Å². The number of aliphatic hydroxyl groups excluding tert-OH is 1. The number of terminal acetylenes is 1. The molecule has 4 aromatic rings. The molecule has 3 aliphatic rings. The number of carbonyl (C=O) groups excluding carboxylic acids is 1. The number of anilines is 1. The number of piperazine rings is 1. The van der Waals surface area contributed by atoms with Gasteiger partial charge in [0, 0.05) is 48.6 Å². The van der Waals surface area contributed by atoms with E-state index in [2.05, 4.69) is 26.1 Å². The SMILES string of the molecule is C#Cc1c(F)ccc2cc(O)cc(-c3nc(OC(C)C)c4c(N5CC(C)NC(CCC(=O)C(F)(F)F)C5)nc(OCC56CCCN5C(CO)CC6)nc4c3F)c12. The highest BCUT2D eigenvalue weighted by atomic mass is 19.4. The number of hydrogen-bond donors (Lipinski definition) is 3. The molecule has 3 fully saturated rings. The van der Waals surface area contributed by atoms with E-state index >= 15 is 8.78 Å². The lowest BCUT2D eigenvalue weighted by Gasteiger charge is -2.39. The monoisotopic (exact) mass is 782 g/mol. The molecule has 4 unspecified atom stereocenters. The van der Waals surface area contributed by atoms with Gasteiger partial charge in [0.15, 0.2) is 5.82 Å². The van der Waals surface area contributed by atoms with E-state index < -0.39 is 47.7 Å². The number of benzene rings is 2. The van der Waals surface area contributed by atoms with E-state index in [4.69, 9.17) is 20.9 Å². The molecule has 4 atom stereocenters. The second-order valence-electron chi connectivity index (χ2n) is 15.3. The summed E-state index contributed by atoms with van der Waals surface area (Å²) in [6.45, 7) is 6.59. The quantitative estimate of drug-likeness (QED) is 0.122. The number of ether oxygens (including phenoxy) is 2. The number of alkyl halides is 3. The Morgan fingerprint density at radius 2 is 1.93 bits per heavy atom. The van der Waals surface area contributed by atoms with Crippen molar-refractivity contribution in [2.24, 2.45) is 0 Å². The van der Waals surface area contributed by atoms with E-state index in [1.165, 1.54) is 18.2 Å². The third kappa shape index (κ3) is 7.39. The molecule has 0 aliphatic carbocycles. The maximum atomic E-state index is 17.4. The lowest BCUT2D eigenvalue weighted by atomic mass is 9.95. The van der Waals surface area contributed by atoms with Crippen LogP contribution in [0.15, 0.2) is 24.3 Å². The molecule has 16 heteroatoms. The summed E-state index contributed by atoms with van der Waals surface area (Å²) in [6, 6.07) is 4.08. The Labute approximate surface area is 320 Å². The van der Waals surface area contributed by atoms with Crippen LogP contribution in [0.25, 0.3) is 32.9 Å². The molecule has 11 nitrogen and oxygen atoms in total. The van der Waals surface area contributed by atoms with E-state index in [0.717, 1.165) is 38.3 Å². The number of aliphatic hydroxyl groups is 1. The lowest BCUT2D eigenvalue weighted by molar-refractivity contribution is -0.171. The number of carbonyl (C=O) groups is 1. The fourth-order valence-electron chi connectivity index (χ4n) is 8.61. The molecule has 0 amide bonds. The number of phenols is 1. The predicted octanol–water partition coefficient (Wildman–Crippen LogP) is 6.04. The molecular weight excluding hydrogens is 739 g/mol. The highest BCUT2D eigenvalue weighted by molar-refractivity contribution is 6.04. The van der Waals surface area contributed by atoms with E-state index in [9.17, 15) is 28.2 Å². The first-order valence-corrected chi connectivity index (χ1v) is 18.7. The number of hydrogen-bond acceptors (Lipinski definition) is 11. The van der Waals surface area contributed by atoms with Crippen LogP contribution in [0.4, 0.5) is 27.8 Å². The second-order valence-corrected chi connectivity index (χ2v) is 15.3. The maximum Gasteiger partial charge on any atom is 0.449 e. The Bertz CT molecular complexity index is 2210.